The molecule has 0 spiro atoms. The lowest BCUT2D eigenvalue weighted by Gasteiger charge is -2.35. The summed E-state index contributed by atoms with van der Waals surface area (Å²) in [7, 11) is 3.11. The van der Waals surface area contributed by atoms with Crippen LogP contribution in [-0.4, -0.2) is 95.3 Å². The maximum absolute atomic E-state index is 13.8. The number of ketones is 1. The van der Waals surface area contributed by atoms with E-state index in [0.29, 0.717) is 91.1 Å². The van der Waals surface area contributed by atoms with E-state index < -0.39 is 6.04 Å². The molecule has 1 unspecified atom stereocenters. The van der Waals surface area contributed by atoms with E-state index in [4.69, 9.17) is 31.7 Å². The third kappa shape index (κ3) is 7.33. The van der Waals surface area contributed by atoms with Crippen LogP contribution in [0.4, 0.5) is 11.8 Å². The number of carbonyl (C=O) groups excluding carboxylic acids is 3. The third-order valence-electron chi connectivity index (χ3n) is 8.40. The number of aromatic nitrogens is 2. The van der Waals surface area contributed by atoms with Gasteiger partial charge in [-0.3, -0.25) is 9.59 Å². The number of methoxy groups -OCH3 is 2. The number of Topliss-reactive ketones (excluding diaryl/α,β-unsaturated/α-hetero) is 1. The first-order chi connectivity index (χ1) is 21.7. The fourth-order valence-corrected chi connectivity index (χ4v) is 6.32. The Morgan fingerprint density at radius 1 is 1.00 bits per heavy atom. The number of piperazine rings is 1. The van der Waals surface area contributed by atoms with Crippen molar-refractivity contribution >= 4 is 57.5 Å². The highest BCUT2D eigenvalue weighted by Crippen LogP contribution is 2.35. The van der Waals surface area contributed by atoms with Crippen molar-refractivity contribution in [1.29, 1.82) is 0 Å². The van der Waals surface area contributed by atoms with Gasteiger partial charge in [-0.05, 0) is 31.4 Å². The average molecular weight is 633 g/mol. The fraction of sp³-hybridized carbons (Fsp3) is 0.455. The Labute approximate surface area is 268 Å². The Morgan fingerprint density at radius 3 is 2.36 bits per heavy atom. The SMILES string of the molecule is COc1cc2nc(N3CCN(C(=O)Cc4ccccc4)CC3)nc(NC(=O)[C@H]3CCCN3C(=S)C(C)CC(C)=O)c2cc1OC. The van der Waals surface area contributed by atoms with Crippen molar-refractivity contribution in [2.24, 2.45) is 5.92 Å². The van der Waals surface area contributed by atoms with E-state index in [1.807, 2.05) is 52.0 Å². The van der Waals surface area contributed by atoms with E-state index >= 15 is 0 Å². The summed E-state index contributed by atoms with van der Waals surface area (Å²) in [5.74, 6) is 1.61. The highest BCUT2D eigenvalue weighted by Gasteiger charge is 2.35. The molecular formula is C33H40N6O5S. The summed E-state index contributed by atoms with van der Waals surface area (Å²) < 4.78 is 11.1. The quantitative estimate of drug-likeness (QED) is 0.330. The molecule has 0 radical (unpaired) electrons. The van der Waals surface area contributed by atoms with Crippen molar-refractivity contribution in [3.63, 3.8) is 0 Å². The zero-order valence-corrected chi connectivity index (χ0v) is 27.1. The van der Waals surface area contributed by atoms with E-state index in [0.717, 1.165) is 12.0 Å². The van der Waals surface area contributed by atoms with Crippen molar-refractivity contribution in [3.05, 3.63) is 48.0 Å². The average Bonchev–Trinajstić information content (AvgIpc) is 3.54. The molecule has 1 aromatic heterocycles. The second-order valence-corrected chi connectivity index (χ2v) is 12.0. The van der Waals surface area contributed by atoms with E-state index in [9.17, 15) is 14.4 Å². The Balaban J connectivity index is 1.38. The fourth-order valence-electron chi connectivity index (χ4n) is 6.02. The lowest BCUT2D eigenvalue weighted by atomic mass is 10.0. The number of thiocarbonyl (C=S) groups is 1. The number of carbonyl (C=O) groups is 3. The van der Waals surface area contributed by atoms with Crippen molar-refractivity contribution in [2.75, 3.05) is 57.2 Å². The van der Waals surface area contributed by atoms with Gasteiger partial charge in [0.25, 0.3) is 0 Å². The summed E-state index contributed by atoms with van der Waals surface area (Å²) in [5, 5.41) is 3.68. The lowest BCUT2D eigenvalue weighted by Crippen LogP contribution is -2.49. The van der Waals surface area contributed by atoms with Crippen LogP contribution in [0.2, 0.25) is 0 Å². The number of benzene rings is 2. The Morgan fingerprint density at radius 2 is 1.69 bits per heavy atom. The number of nitrogens with zero attached hydrogens (tertiary/aromatic N) is 5. The van der Waals surface area contributed by atoms with E-state index in [1.165, 1.54) is 0 Å². The number of hydrogen-bond acceptors (Lipinski definition) is 9. The van der Waals surface area contributed by atoms with Crippen LogP contribution in [0.25, 0.3) is 10.9 Å². The Hall–Kier alpha value is -4.32. The number of nitrogens with one attached hydrogen (secondary N) is 1. The zero-order chi connectivity index (χ0) is 32.1. The largest absolute Gasteiger partial charge is 0.493 e. The van der Waals surface area contributed by atoms with E-state index in [1.54, 1.807) is 33.3 Å². The maximum Gasteiger partial charge on any atom is 0.248 e. The number of hydrogen-bond donors (Lipinski definition) is 1. The van der Waals surface area contributed by atoms with Crippen LogP contribution in [0.5, 0.6) is 11.5 Å². The van der Waals surface area contributed by atoms with Gasteiger partial charge >= 0.3 is 0 Å². The summed E-state index contributed by atoms with van der Waals surface area (Å²) in [6.45, 7) is 6.30. The topological polar surface area (TPSA) is 117 Å². The van der Waals surface area contributed by atoms with Gasteiger partial charge in [-0.25, -0.2) is 4.98 Å². The molecule has 3 aromatic rings. The van der Waals surface area contributed by atoms with Crippen LogP contribution in [0.1, 0.15) is 38.7 Å². The van der Waals surface area contributed by atoms with Crippen molar-refractivity contribution in [3.8, 4) is 11.5 Å². The van der Waals surface area contributed by atoms with Gasteiger partial charge < -0.3 is 34.3 Å². The summed E-state index contributed by atoms with van der Waals surface area (Å²) in [4.78, 5) is 54.6. The molecule has 0 bridgehead atoms. The van der Waals surface area contributed by atoms with Gasteiger partial charge in [-0.2, -0.15) is 4.98 Å². The molecule has 2 saturated heterocycles. The van der Waals surface area contributed by atoms with E-state index in [-0.39, 0.29) is 23.5 Å². The predicted octanol–water partition coefficient (Wildman–Crippen LogP) is 3.88. The van der Waals surface area contributed by atoms with Crippen molar-refractivity contribution < 1.29 is 23.9 Å². The van der Waals surface area contributed by atoms with E-state index in [2.05, 4.69) is 5.32 Å². The van der Waals surface area contributed by atoms with Crippen LogP contribution in [0.3, 0.4) is 0 Å². The summed E-state index contributed by atoms with van der Waals surface area (Å²) in [5.41, 5.74) is 1.58. The number of fused-ring (bicyclic) bond motifs is 1. The first-order valence-corrected chi connectivity index (χ1v) is 15.7. The Bertz CT molecular complexity index is 1580. The summed E-state index contributed by atoms with van der Waals surface area (Å²) >= 11 is 5.73. The molecule has 1 N–H and O–H groups in total. The molecule has 5 rings (SSSR count). The van der Waals surface area contributed by atoms with Gasteiger partial charge in [-0.15, -0.1) is 0 Å². The monoisotopic (exact) mass is 632 g/mol. The number of anilines is 2. The van der Waals surface area contributed by atoms with Crippen molar-refractivity contribution in [1.82, 2.24) is 19.8 Å². The highest BCUT2D eigenvalue weighted by molar-refractivity contribution is 7.80. The minimum atomic E-state index is -0.473. The first kappa shape index (κ1) is 32.1. The van der Waals surface area contributed by atoms with Crippen LogP contribution >= 0.6 is 12.2 Å². The van der Waals surface area contributed by atoms with Crippen molar-refractivity contribution in [2.45, 2.75) is 45.6 Å². The van der Waals surface area contributed by atoms with Crippen LogP contribution in [-0.2, 0) is 20.8 Å². The van der Waals surface area contributed by atoms with Gasteiger partial charge in [0, 0.05) is 56.5 Å². The normalized spacial score (nSPS) is 17.2. The third-order valence-corrected chi connectivity index (χ3v) is 9.03. The molecule has 2 atom stereocenters. The minimum Gasteiger partial charge on any atom is -0.493 e. The van der Waals surface area contributed by atoms with Crippen LogP contribution in [0, 0.1) is 5.92 Å². The Kier molecular flexibility index (Phi) is 10.1. The molecule has 2 aliphatic heterocycles. The molecule has 2 aliphatic rings. The molecule has 2 aromatic carbocycles. The van der Waals surface area contributed by atoms with Crippen LogP contribution in [0.15, 0.2) is 42.5 Å². The second kappa shape index (κ2) is 14.2. The standard InChI is InChI=1S/C33H40N6O5S/c1-21(17-22(2)40)32(45)39-12-8-11-26(39)31(42)35-30-24-19-27(43-3)28(44-4)20-25(24)34-33(36-30)38-15-13-37(14-16-38)29(41)18-23-9-6-5-7-10-23/h5-7,9-10,19-21,26H,8,11-18H2,1-4H3,(H,34,35,36,42)/t21?,26-/m1/s1. The summed E-state index contributed by atoms with van der Waals surface area (Å²) in [6.07, 6.45) is 2.17. The van der Waals surface area contributed by atoms with Gasteiger partial charge in [0.15, 0.2) is 11.5 Å². The lowest BCUT2D eigenvalue weighted by molar-refractivity contribution is -0.130. The molecule has 45 heavy (non-hydrogen) atoms. The molecule has 11 nitrogen and oxygen atoms in total. The van der Waals surface area contributed by atoms with Gasteiger partial charge in [0.05, 0.1) is 31.1 Å². The molecule has 0 saturated carbocycles. The number of rotatable bonds is 10. The smallest absolute Gasteiger partial charge is 0.248 e. The molecule has 238 valence electrons. The van der Waals surface area contributed by atoms with Gasteiger partial charge in [0.1, 0.15) is 17.6 Å². The molecule has 2 fully saturated rings. The zero-order valence-electron chi connectivity index (χ0n) is 26.2. The maximum atomic E-state index is 13.8. The molecule has 2 amide bonds. The van der Waals surface area contributed by atoms with Gasteiger partial charge in [-0.1, -0.05) is 49.5 Å². The van der Waals surface area contributed by atoms with Gasteiger partial charge in [0.2, 0.25) is 17.8 Å². The van der Waals surface area contributed by atoms with Crippen LogP contribution < -0.4 is 19.7 Å². The molecule has 0 aliphatic carbocycles. The second-order valence-electron chi connectivity index (χ2n) is 11.6. The number of amides is 2. The summed E-state index contributed by atoms with van der Waals surface area (Å²) in [6, 6.07) is 12.8. The number of likely N-dealkylation sites (tertiary alicyclic amines) is 1. The highest BCUT2D eigenvalue weighted by atomic mass is 32.1. The molecule has 12 heteroatoms. The minimum absolute atomic E-state index is 0.0656. The predicted molar refractivity (Wildman–Crippen MR) is 177 cm³/mol. The molecule has 3 heterocycles. The number of ether oxygens (including phenoxy) is 2. The molecular weight excluding hydrogens is 592 g/mol. The first-order valence-electron chi connectivity index (χ1n) is 15.3.